The van der Waals surface area contributed by atoms with E-state index in [4.69, 9.17) is 0 Å². The summed E-state index contributed by atoms with van der Waals surface area (Å²) < 4.78 is 2.37. The van der Waals surface area contributed by atoms with Crippen LogP contribution in [0, 0.1) is 0 Å². The van der Waals surface area contributed by atoms with Crippen LogP contribution in [-0.4, -0.2) is 59.2 Å². The molecule has 0 unspecified atom stereocenters. The normalized spacial score (nSPS) is 14.9. The molecule has 1 aliphatic rings. The van der Waals surface area contributed by atoms with E-state index in [9.17, 15) is 14.4 Å². The van der Waals surface area contributed by atoms with Gasteiger partial charge in [-0.2, -0.15) is 0 Å². The molecule has 2 rings (SSSR count). The van der Waals surface area contributed by atoms with Crippen LogP contribution in [0.1, 0.15) is 20.3 Å². The predicted molar refractivity (Wildman–Crippen MR) is 103 cm³/mol. The fourth-order valence-corrected chi connectivity index (χ4v) is 2.91. The maximum Gasteiger partial charge on any atom is 0.330 e. The van der Waals surface area contributed by atoms with Gasteiger partial charge in [0.25, 0.3) is 5.56 Å². The van der Waals surface area contributed by atoms with Crippen LogP contribution in [0.4, 0.5) is 5.69 Å². The van der Waals surface area contributed by atoms with Crippen molar-refractivity contribution in [3.63, 3.8) is 0 Å². The quantitative estimate of drug-likeness (QED) is 0.701. The molecule has 1 aromatic heterocycles. The number of hydrogen-bond acceptors (Lipinski definition) is 5. The summed E-state index contributed by atoms with van der Waals surface area (Å²) in [7, 11) is 3.01. The Bertz CT molecular complexity index is 783. The molecule has 1 amide bonds. The molecular formula is C18H29N5O3. The molecule has 8 heteroatoms. The number of aromatic nitrogens is 2. The minimum atomic E-state index is -0.453. The van der Waals surface area contributed by atoms with Gasteiger partial charge in [0, 0.05) is 66.0 Å². The topological polar surface area (TPSA) is 79.6 Å². The number of allylic oxidation sites excluding steroid dienone is 1. The first-order valence-electron chi connectivity index (χ1n) is 8.94. The summed E-state index contributed by atoms with van der Waals surface area (Å²) in [4.78, 5) is 41.1. The van der Waals surface area contributed by atoms with Gasteiger partial charge >= 0.3 is 5.69 Å². The minimum absolute atomic E-state index is 0.114. The van der Waals surface area contributed by atoms with Gasteiger partial charge in [0.2, 0.25) is 5.91 Å². The molecule has 0 radical (unpaired) electrons. The molecule has 1 saturated heterocycles. The number of carbonyl (C=O) groups is 1. The maximum atomic E-state index is 12.9. The van der Waals surface area contributed by atoms with Gasteiger partial charge in [-0.25, -0.2) is 4.79 Å². The standard InChI is InChI=1S/C18H29N5O3/c1-14(2)5-10-23(15-13-20(3)18(26)21(4)17(15)25)16(24)6-9-22-11-7-19-8-12-22/h5,13,19H,6-12H2,1-4H3. The van der Waals surface area contributed by atoms with Crippen LogP contribution in [0.3, 0.4) is 0 Å². The highest BCUT2D eigenvalue weighted by molar-refractivity contribution is 5.93. The Balaban J connectivity index is 2.25. The number of aryl methyl sites for hydroxylation is 1. The van der Waals surface area contributed by atoms with E-state index < -0.39 is 11.2 Å². The summed E-state index contributed by atoms with van der Waals surface area (Å²) in [6.45, 7) is 8.57. The lowest BCUT2D eigenvalue weighted by Crippen LogP contribution is -2.46. The van der Waals surface area contributed by atoms with Crippen molar-refractivity contribution >= 4 is 11.6 Å². The summed E-state index contributed by atoms with van der Waals surface area (Å²) >= 11 is 0. The van der Waals surface area contributed by atoms with Crippen molar-refractivity contribution in [2.75, 3.05) is 44.2 Å². The number of nitrogens with zero attached hydrogens (tertiary/aromatic N) is 4. The van der Waals surface area contributed by atoms with Crippen molar-refractivity contribution in [3.05, 3.63) is 38.7 Å². The Hall–Kier alpha value is -2.19. The smallest absolute Gasteiger partial charge is 0.314 e. The van der Waals surface area contributed by atoms with Crippen LogP contribution in [0.5, 0.6) is 0 Å². The van der Waals surface area contributed by atoms with Crippen LogP contribution in [0.15, 0.2) is 27.4 Å². The van der Waals surface area contributed by atoms with E-state index >= 15 is 0 Å². The Kier molecular flexibility index (Phi) is 6.93. The lowest BCUT2D eigenvalue weighted by molar-refractivity contribution is -0.118. The van der Waals surface area contributed by atoms with Gasteiger partial charge in [-0.3, -0.25) is 14.2 Å². The number of carbonyl (C=O) groups excluding carboxylic acids is 1. The Morgan fingerprint density at radius 2 is 1.88 bits per heavy atom. The van der Waals surface area contributed by atoms with Gasteiger partial charge < -0.3 is 19.7 Å². The van der Waals surface area contributed by atoms with Crippen LogP contribution >= 0.6 is 0 Å². The van der Waals surface area contributed by atoms with Gasteiger partial charge in [0.15, 0.2) is 0 Å². The molecule has 2 heterocycles. The summed E-state index contributed by atoms with van der Waals surface area (Å²) in [5.74, 6) is -0.114. The first-order chi connectivity index (χ1) is 12.3. The molecule has 0 bridgehead atoms. The summed E-state index contributed by atoms with van der Waals surface area (Å²) in [6, 6.07) is 0. The molecule has 0 saturated carbocycles. The number of piperazine rings is 1. The van der Waals surface area contributed by atoms with Gasteiger partial charge in [-0.1, -0.05) is 11.6 Å². The Morgan fingerprint density at radius 3 is 2.50 bits per heavy atom. The van der Waals surface area contributed by atoms with Crippen molar-refractivity contribution in [1.82, 2.24) is 19.4 Å². The average molecular weight is 363 g/mol. The molecule has 1 fully saturated rings. The molecule has 1 aromatic rings. The van der Waals surface area contributed by atoms with Crippen molar-refractivity contribution in [1.29, 1.82) is 0 Å². The zero-order valence-corrected chi connectivity index (χ0v) is 16.1. The number of rotatable bonds is 6. The molecule has 0 aliphatic carbocycles. The molecule has 144 valence electrons. The van der Waals surface area contributed by atoms with Crippen LogP contribution in [-0.2, 0) is 18.9 Å². The van der Waals surface area contributed by atoms with E-state index in [1.54, 1.807) is 7.05 Å². The van der Waals surface area contributed by atoms with Crippen molar-refractivity contribution in [2.45, 2.75) is 20.3 Å². The fraction of sp³-hybridized carbons (Fsp3) is 0.611. The van der Waals surface area contributed by atoms with E-state index in [0.717, 1.165) is 36.3 Å². The molecule has 1 N–H and O–H groups in total. The lowest BCUT2D eigenvalue weighted by atomic mass is 10.2. The van der Waals surface area contributed by atoms with Gasteiger partial charge in [-0.05, 0) is 13.8 Å². The second kappa shape index (κ2) is 8.95. The van der Waals surface area contributed by atoms with E-state index in [0.29, 0.717) is 19.5 Å². The predicted octanol–water partition coefficient (Wildman–Crippen LogP) is -0.321. The van der Waals surface area contributed by atoms with Crippen LogP contribution in [0.25, 0.3) is 0 Å². The molecule has 26 heavy (non-hydrogen) atoms. The van der Waals surface area contributed by atoms with E-state index in [1.165, 1.54) is 22.7 Å². The molecule has 1 aliphatic heterocycles. The third kappa shape index (κ3) is 4.92. The fourth-order valence-electron chi connectivity index (χ4n) is 2.91. The number of nitrogens with one attached hydrogen (secondary N) is 1. The monoisotopic (exact) mass is 363 g/mol. The molecule has 0 atom stereocenters. The maximum absolute atomic E-state index is 12.9. The van der Waals surface area contributed by atoms with Gasteiger partial charge in [0.05, 0.1) is 0 Å². The van der Waals surface area contributed by atoms with Crippen LogP contribution < -0.4 is 21.5 Å². The highest BCUT2D eigenvalue weighted by Gasteiger charge is 2.21. The number of anilines is 1. The second-order valence-corrected chi connectivity index (χ2v) is 6.90. The summed E-state index contributed by atoms with van der Waals surface area (Å²) in [6.07, 6.45) is 3.70. The highest BCUT2D eigenvalue weighted by Crippen LogP contribution is 2.10. The first kappa shape index (κ1) is 20.1. The SMILES string of the molecule is CC(C)=CCN(C(=O)CCN1CCNCC1)c1cn(C)c(=O)n(C)c1=O. The summed E-state index contributed by atoms with van der Waals surface area (Å²) in [5, 5.41) is 3.29. The van der Waals surface area contributed by atoms with E-state index in [2.05, 4.69) is 10.2 Å². The van der Waals surface area contributed by atoms with Crippen molar-refractivity contribution < 1.29 is 4.79 Å². The average Bonchev–Trinajstić information content (AvgIpc) is 2.63. The lowest BCUT2D eigenvalue weighted by Gasteiger charge is -2.28. The highest BCUT2D eigenvalue weighted by atomic mass is 16.2. The third-order valence-electron chi connectivity index (χ3n) is 4.55. The second-order valence-electron chi connectivity index (χ2n) is 6.90. The molecular weight excluding hydrogens is 334 g/mol. The minimum Gasteiger partial charge on any atom is -0.314 e. The van der Waals surface area contributed by atoms with E-state index in [1.807, 2.05) is 19.9 Å². The van der Waals surface area contributed by atoms with Gasteiger partial charge in [-0.15, -0.1) is 0 Å². The zero-order chi connectivity index (χ0) is 19.3. The third-order valence-corrected chi connectivity index (χ3v) is 4.55. The first-order valence-corrected chi connectivity index (χ1v) is 8.94. The number of amides is 1. The molecule has 0 aromatic carbocycles. The number of hydrogen-bond donors (Lipinski definition) is 1. The molecule has 8 nitrogen and oxygen atoms in total. The Labute approximate surface area is 153 Å². The van der Waals surface area contributed by atoms with E-state index in [-0.39, 0.29) is 11.6 Å². The van der Waals surface area contributed by atoms with Crippen molar-refractivity contribution in [3.8, 4) is 0 Å². The van der Waals surface area contributed by atoms with Gasteiger partial charge in [0.1, 0.15) is 5.69 Å². The zero-order valence-electron chi connectivity index (χ0n) is 16.1. The van der Waals surface area contributed by atoms with Crippen LogP contribution in [0.2, 0.25) is 0 Å². The van der Waals surface area contributed by atoms with Crippen molar-refractivity contribution in [2.24, 2.45) is 14.1 Å². The summed E-state index contributed by atoms with van der Waals surface area (Å²) in [5.41, 5.74) is 0.434. The Morgan fingerprint density at radius 1 is 1.23 bits per heavy atom. The largest absolute Gasteiger partial charge is 0.330 e. The molecule has 0 spiro atoms.